The summed E-state index contributed by atoms with van der Waals surface area (Å²) in [5.74, 6) is 1.25. The third kappa shape index (κ3) is 4.25. The number of hydrogen-bond acceptors (Lipinski definition) is 2. The van der Waals surface area contributed by atoms with Crippen LogP contribution in [0.2, 0.25) is 0 Å². The van der Waals surface area contributed by atoms with Crippen LogP contribution in [0, 0.1) is 0 Å². The van der Waals surface area contributed by atoms with Crippen molar-refractivity contribution in [2.45, 2.75) is 32.2 Å². The van der Waals surface area contributed by atoms with Gasteiger partial charge in [0.1, 0.15) is 5.82 Å². The van der Waals surface area contributed by atoms with Crippen molar-refractivity contribution in [3.05, 3.63) is 30.1 Å². The van der Waals surface area contributed by atoms with Gasteiger partial charge in [0.15, 0.2) is 0 Å². The predicted octanol–water partition coefficient (Wildman–Crippen LogP) is -1.62. The van der Waals surface area contributed by atoms with Crippen molar-refractivity contribution in [1.29, 1.82) is 0 Å². The van der Waals surface area contributed by atoms with Crippen molar-refractivity contribution in [3.8, 4) is 0 Å². The van der Waals surface area contributed by atoms with Gasteiger partial charge in [-0.15, -0.1) is 0 Å². The zero-order valence-corrected chi connectivity index (χ0v) is 15.3. The molecule has 2 heterocycles. The fourth-order valence-electron chi connectivity index (χ4n) is 3.71. The Labute approximate surface area is 145 Å². The highest BCUT2D eigenvalue weighted by Gasteiger charge is 2.19. The van der Waals surface area contributed by atoms with Crippen LogP contribution in [0.25, 0.3) is 11.0 Å². The van der Waals surface area contributed by atoms with Crippen LogP contribution in [0.15, 0.2) is 24.3 Å². The number of aromatic nitrogens is 2. The van der Waals surface area contributed by atoms with E-state index in [2.05, 4.69) is 54.8 Å². The molecule has 0 bridgehead atoms. The van der Waals surface area contributed by atoms with E-state index in [1.807, 2.05) is 0 Å². The van der Waals surface area contributed by atoms with Crippen LogP contribution >= 0.6 is 0 Å². The van der Waals surface area contributed by atoms with Crippen molar-refractivity contribution >= 4 is 11.0 Å². The maximum atomic E-state index is 4.93. The molecule has 0 aliphatic carbocycles. The fourth-order valence-corrected chi connectivity index (χ4v) is 3.71. The quantitative estimate of drug-likeness (QED) is 0.686. The number of rotatable bonds is 6. The van der Waals surface area contributed by atoms with E-state index in [9.17, 15) is 0 Å². The second-order valence-electron chi connectivity index (χ2n) is 6.95. The lowest BCUT2D eigenvalue weighted by Crippen LogP contribution is -3.06. The van der Waals surface area contributed by atoms with Crippen molar-refractivity contribution in [2.75, 3.05) is 40.3 Å². The number of quaternary nitrogens is 1. The van der Waals surface area contributed by atoms with Gasteiger partial charge < -0.3 is 26.8 Å². The highest BCUT2D eigenvalue weighted by Crippen LogP contribution is 2.21. The summed E-state index contributed by atoms with van der Waals surface area (Å²) in [4.78, 5) is 8.99. The standard InChI is InChI=1S/C18H28N4.ClH/c1-15(14-20(2)3)22-17-9-5-4-8-16(17)19-18(22)10-13-21-11-6-7-12-21;/h4-5,8-9,15H,6-7,10-14H2,1-3H3;1H. The summed E-state index contributed by atoms with van der Waals surface area (Å²) in [5, 5.41) is 0. The number of imidazole rings is 1. The monoisotopic (exact) mass is 336 g/mol. The summed E-state index contributed by atoms with van der Waals surface area (Å²) in [6, 6.07) is 9.04. The van der Waals surface area contributed by atoms with Gasteiger partial charge in [0.2, 0.25) is 0 Å². The molecule has 1 saturated heterocycles. The number of likely N-dealkylation sites (N-methyl/N-ethyl adjacent to an activating group) is 1. The van der Waals surface area contributed by atoms with E-state index in [1.165, 1.54) is 42.2 Å². The van der Waals surface area contributed by atoms with E-state index in [0.717, 1.165) is 25.0 Å². The number of likely N-dealkylation sites (tertiary alicyclic amines) is 1. The Morgan fingerprint density at radius 1 is 1.17 bits per heavy atom. The topological polar surface area (TPSA) is 25.5 Å². The number of nitrogens with one attached hydrogen (secondary N) is 1. The van der Waals surface area contributed by atoms with Crippen LogP contribution in [-0.2, 0) is 6.42 Å². The molecule has 128 valence electrons. The van der Waals surface area contributed by atoms with Crippen LogP contribution in [-0.4, -0.2) is 54.7 Å². The molecule has 1 aromatic heterocycles. The maximum Gasteiger partial charge on any atom is 0.111 e. The number of para-hydroxylation sites is 2. The van der Waals surface area contributed by atoms with Gasteiger partial charge in [-0.1, -0.05) is 12.1 Å². The van der Waals surface area contributed by atoms with Crippen LogP contribution in [0.3, 0.4) is 0 Å². The normalized spacial score (nSPS) is 16.9. The van der Waals surface area contributed by atoms with Gasteiger partial charge in [0.05, 0.1) is 37.7 Å². The fraction of sp³-hybridized carbons (Fsp3) is 0.611. The second kappa shape index (κ2) is 8.13. The minimum Gasteiger partial charge on any atom is -1.00 e. The molecule has 0 amide bonds. The number of fused-ring (bicyclic) bond motifs is 1. The molecule has 1 aromatic carbocycles. The summed E-state index contributed by atoms with van der Waals surface area (Å²) in [7, 11) is 4.44. The summed E-state index contributed by atoms with van der Waals surface area (Å²) in [6.45, 7) is 7.11. The first kappa shape index (κ1) is 18.2. The molecule has 0 spiro atoms. The van der Waals surface area contributed by atoms with Crippen molar-refractivity contribution in [3.63, 3.8) is 0 Å². The number of benzene rings is 1. The molecule has 0 saturated carbocycles. The van der Waals surface area contributed by atoms with E-state index in [-0.39, 0.29) is 12.4 Å². The molecule has 5 heteroatoms. The average Bonchev–Trinajstić information content (AvgIpc) is 3.11. The van der Waals surface area contributed by atoms with Gasteiger partial charge in [-0.2, -0.15) is 0 Å². The van der Waals surface area contributed by atoms with Gasteiger partial charge in [-0.05, 0) is 45.0 Å². The van der Waals surface area contributed by atoms with Gasteiger partial charge in [-0.3, -0.25) is 0 Å². The van der Waals surface area contributed by atoms with Crippen molar-refractivity contribution < 1.29 is 17.3 Å². The Balaban J connectivity index is 0.00000192. The molecular weight excluding hydrogens is 308 g/mol. The molecular formula is C18H29ClN4. The molecule has 1 unspecified atom stereocenters. The molecule has 2 aromatic rings. The highest BCUT2D eigenvalue weighted by molar-refractivity contribution is 5.76. The van der Waals surface area contributed by atoms with Gasteiger partial charge in [0.25, 0.3) is 0 Å². The van der Waals surface area contributed by atoms with E-state index >= 15 is 0 Å². The smallest absolute Gasteiger partial charge is 0.111 e. The van der Waals surface area contributed by atoms with Gasteiger partial charge in [0, 0.05) is 13.0 Å². The predicted molar refractivity (Wildman–Crippen MR) is 91.5 cm³/mol. The van der Waals surface area contributed by atoms with E-state index in [1.54, 1.807) is 0 Å². The molecule has 4 nitrogen and oxygen atoms in total. The number of nitrogens with zero attached hydrogens (tertiary/aromatic N) is 3. The molecule has 1 fully saturated rings. The molecule has 1 aliphatic rings. The van der Waals surface area contributed by atoms with Crippen molar-refractivity contribution in [2.24, 2.45) is 0 Å². The first-order valence-corrected chi connectivity index (χ1v) is 8.62. The summed E-state index contributed by atoms with van der Waals surface area (Å²) < 4.78 is 2.47. The van der Waals surface area contributed by atoms with E-state index in [4.69, 9.17) is 4.98 Å². The second-order valence-corrected chi connectivity index (χ2v) is 6.95. The third-order valence-electron chi connectivity index (χ3n) is 4.66. The molecule has 23 heavy (non-hydrogen) atoms. The Bertz CT molecular complexity index is 617. The number of halogens is 1. The minimum atomic E-state index is 0. The highest BCUT2D eigenvalue weighted by atomic mass is 35.5. The zero-order chi connectivity index (χ0) is 15.5. The molecule has 3 rings (SSSR count). The Morgan fingerprint density at radius 2 is 1.87 bits per heavy atom. The molecule has 1 atom stereocenters. The van der Waals surface area contributed by atoms with Crippen LogP contribution in [0.4, 0.5) is 0 Å². The largest absolute Gasteiger partial charge is 1.00 e. The molecule has 1 N–H and O–H groups in total. The summed E-state index contributed by atoms with van der Waals surface area (Å²) in [5.41, 5.74) is 2.42. The Kier molecular flexibility index (Phi) is 6.45. The number of hydrogen-bond donors (Lipinski definition) is 1. The maximum absolute atomic E-state index is 4.93. The first-order valence-electron chi connectivity index (χ1n) is 8.62. The third-order valence-corrected chi connectivity index (χ3v) is 4.66. The van der Waals surface area contributed by atoms with E-state index in [0.29, 0.717) is 6.04 Å². The van der Waals surface area contributed by atoms with Gasteiger partial charge in [-0.25, -0.2) is 4.98 Å². The minimum absolute atomic E-state index is 0. The lowest BCUT2D eigenvalue weighted by atomic mass is 10.2. The van der Waals surface area contributed by atoms with Crippen LogP contribution in [0.1, 0.15) is 31.6 Å². The van der Waals surface area contributed by atoms with Crippen LogP contribution < -0.4 is 17.3 Å². The SMILES string of the molecule is CC(C[NH+](C)C)n1c(CCN2CCCC2)nc2ccccc21.[Cl-]. The van der Waals surface area contributed by atoms with E-state index < -0.39 is 0 Å². The summed E-state index contributed by atoms with van der Waals surface area (Å²) in [6.07, 6.45) is 3.77. The Morgan fingerprint density at radius 3 is 2.57 bits per heavy atom. The zero-order valence-electron chi connectivity index (χ0n) is 14.6. The lowest BCUT2D eigenvalue weighted by Gasteiger charge is -2.20. The molecule has 1 aliphatic heterocycles. The average molecular weight is 337 g/mol. The first-order chi connectivity index (χ1) is 10.6. The Hall–Kier alpha value is -1.10. The van der Waals surface area contributed by atoms with Crippen LogP contribution in [0.5, 0.6) is 0 Å². The molecule has 0 radical (unpaired) electrons. The lowest BCUT2D eigenvalue weighted by molar-refractivity contribution is -0.860. The summed E-state index contributed by atoms with van der Waals surface area (Å²) >= 11 is 0. The van der Waals surface area contributed by atoms with Gasteiger partial charge >= 0.3 is 0 Å². The van der Waals surface area contributed by atoms with Crippen molar-refractivity contribution in [1.82, 2.24) is 14.5 Å².